The highest BCUT2D eigenvalue weighted by Crippen LogP contribution is 2.38. The molecule has 0 bridgehead atoms. The number of hydrogen-bond donors (Lipinski definition) is 4. The summed E-state index contributed by atoms with van der Waals surface area (Å²) in [6.45, 7) is 1.92. The molecule has 2 amide bonds. The molecule has 14 heteroatoms. The molecule has 4 N–H and O–H groups in total. The summed E-state index contributed by atoms with van der Waals surface area (Å²) in [4.78, 5) is 27.2. The van der Waals surface area contributed by atoms with Crippen molar-refractivity contribution in [2.75, 3.05) is 43.9 Å². The molecule has 0 aliphatic carbocycles. The minimum atomic E-state index is -3.05. The number of nitrogens with zero attached hydrogens (tertiary/aromatic N) is 4. The number of alkyl halides is 2. The van der Waals surface area contributed by atoms with Gasteiger partial charge in [0, 0.05) is 49.9 Å². The summed E-state index contributed by atoms with van der Waals surface area (Å²) < 4.78 is 32.9. The van der Waals surface area contributed by atoms with Crippen molar-refractivity contribution in [1.29, 1.82) is 0 Å². The van der Waals surface area contributed by atoms with Crippen LogP contribution in [0.3, 0.4) is 0 Å². The summed E-state index contributed by atoms with van der Waals surface area (Å²) in [7, 11) is 1.65. The monoisotopic (exact) mass is 578 g/mol. The molecular weight excluding hydrogens is 546 g/mol. The van der Waals surface area contributed by atoms with Gasteiger partial charge in [0.15, 0.2) is 0 Å². The topological polar surface area (TPSA) is 129 Å². The van der Waals surface area contributed by atoms with Gasteiger partial charge in [-0.3, -0.25) is 19.4 Å². The van der Waals surface area contributed by atoms with Crippen LogP contribution in [0.4, 0.5) is 20.3 Å². The van der Waals surface area contributed by atoms with E-state index >= 15 is 0 Å². The molecule has 216 valence electrons. The number of amides is 2. The Kier molecular flexibility index (Phi) is 9.93. The van der Waals surface area contributed by atoms with Gasteiger partial charge in [0.05, 0.1) is 17.9 Å². The highest BCUT2D eigenvalue weighted by molar-refractivity contribution is 6.31. The van der Waals surface area contributed by atoms with Crippen LogP contribution in [0, 0.1) is 0 Å². The predicted molar refractivity (Wildman–Crippen MR) is 148 cm³/mol. The average Bonchev–Trinajstić information content (AvgIpc) is 3.57. The quantitative estimate of drug-likeness (QED) is 0.251. The molecule has 3 heterocycles. The Morgan fingerprint density at radius 2 is 2.05 bits per heavy atom. The molecule has 4 rings (SSSR count). The fraction of sp³-hybridized carbons (Fsp3) is 0.462. The molecule has 40 heavy (non-hydrogen) atoms. The van der Waals surface area contributed by atoms with Gasteiger partial charge in [-0.1, -0.05) is 11.6 Å². The van der Waals surface area contributed by atoms with Crippen molar-refractivity contribution in [3.63, 3.8) is 0 Å². The van der Waals surface area contributed by atoms with Crippen LogP contribution in [-0.4, -0.2) is 76.5 Å². The van der Waals surface area contributed by atoms with Crippen LogP contribution in [0.5, 0.6) is 5.75 Å². The first kappa shape index (κ1) is 29.3. The van der Waals surface area contributed by atoms with Crippen molar-refractivity contribution < 1.29 is 23.1 Å². The first-order valence-corrected chi connectivity index (χ1v) is 13.5. The maximum atomic E-state index is 13.2. The Morgan fingerprint density at radius 1 is 1.27 bits per heavy atom. The fourth-order valence-electron chi connectivity index (χ4n) is 4.75. The van der Waals surface area contributed by atoms with Crippen LogP contribution in [0.1, 0.15) is 49.0 Å². The number of carbonyl (C=O) groups excluding carboxylic acids is 2. The Hall–Kier alpha value is -3.71. The molecule has 0 spiro atoms. The Bertz CT molecular complexity index is 1310. The minimum Gasteiger partial charge on any atom is -0.434 e. The van der Waals surface area contributed by atoms with E-state index in [0.29, 0.717) is 29.5 Å². The second-order valence-corrected chi connectivity index (χ2v) is 9.82. The van der Waals surface area contributed by atoms with Gasteiger partial charge < -0.3 is 25.6 Å². The van der Waals surface area contributed by atoms with Gasteiger partial charge in [-0.25, -0.2) is 0 Å². The molecule has 0 unspecified atom stereocenters. The van der Waals surface area contributed by atoms with Gasteiger partial charge in [0.1, 0.15) is 22.8 Å². The third-order valence-electron chi connectivity index (χ3n) is 6.71. The predicted octanol–water partition coefficient (Wildman–Crippen LogP) is 4.38. The second-order valence-electron chi connectivity index (χ2n) is 9.38. The van der Waals surface area contributed by atoms with E-state index in [4.69, 9.17) is 21.4 Å². The number of likely N-dealkylation sites (tertiary alicyclic amines) is 1. The number of aromatic amines is 1. The van der Waals surface area contributed by atoms with Crippen LogP contribution >= 0.6 is 11.6 Å². The number of carbonyl (C=O) groups is 2. The lowest BCUT2D eigenvalue weighted by molar-refractivity contribution is -0.121. The number of hydrogen-bond acceptors (Lipinski definition) is 7. The van der Waals surface area contributed by atoms with Crippen LogP contribution in [-0.2, 0) is 4.79 Å². The largest absolute Gasteiger partial charge is 0.434 e. The zero-order chi connectivity index (χ0) is 28.6. The molecule has 1 saturated heterocycles. The number of nitrogens with one attached hydrogen (secondary N) is 4. The summed E-state index contributed by atoms with van der Waals surface area (Å²) in [5, 5.41) is 20.2. The van der Waals surface area contributed by atoms with Gasteiger partial charge in [0.25, 0.3) is 5.91 Å². The van der Waals surface area contributed by atoms with Crippen LogP contribution in [0.15, 0.2) is 30.6 Å². The third kappa shape index (κ3) is 7.27. The summed E-state index contributed by atoms with van der Waals surface area (Å²) in [5.41, 5.74) is 1.08. The zero-order valence-electron chi connectivity index (χ0n) is 22.3. The van der Waals surface area contributed by atoms with E-state index in [1.807, 2.05) is 6.92 Å². The van der Waals surface area contributed by atoms with Gasteiger partial charge in [-0.15, -0.1) is 0 Å². The number of benzene rings is 1. The molecule has 1 aliphatic rings. The SMILES string of the molecule is CCNC(=O)CCCN1CCC(n2cc(NC(=O)c3cn[nH]c3NC)c(-c3cc(Cl)ccc3OC(F)F)n2)CC1. The van der Waals surface area contributed by atoms with Crippen LogP contribution in [0.2, 0.25) is 5.02 Å². The maximum Gasteiger partial charge on any atom is 0.387 e. The number of H-pyrrole nitrogens is 1. The zero-order valence-corrected chi connectivity index (χ0v) is 23.1. The van der Waals surface area contributed by atoms with Crippen LogP contribution in [0.25, 0.3) is 11.3 Å². The lowest BCUT2D eigenvalue weighted by Crippen LogP contribution is -2.36. The number of rotatable bonds is 12. The van der Waals surface area contributed by atoms with Gasteiger partial charge >= 0.3 is 6.61 Å². The normalized spacial score (nSPS) is 14.3. The summed E-state index contributed by atoms with van der Waals surface area (Å²) in [6, 6.07) is 4.30. The van der Waals surface area contributed by atoms with E-state index < -0.39 is 12.5 Å². The highest BCUT2D eigenvalue weighted by atomic mass is 35.5. The maximum absolute atomic E-state index is 13.2. The first-order chi connectivity index (χ1) is 19.3. The molecule has 1 aliphatic heterocycles. The molecule has 0 saturated carbocycles. The van der Waals surface area contributed by atoms with E-state index in [1.165, 1.54) is 24.4 Å². The number of piperidine rings is 1. The molecule has 1 fully saturated rings. The standard InChI is InChI=1S/C26H33ClF2N8O3/c1-3-31-22(38)5-4-10-36-11-8-17(9-12-36)37-15-20(33-25(39)19-14-32-34-24(19)30-2)23(35-37)18-13-16(27)6-7-21(18)40-26(28)29/h6-7,13-15,17,26H,3-5,8-12H2,1-2H3,(H,31,38)(H,33,39)(H2,30,32,34). The molecule has 0 radical (unpaired) electrons. The van der Waals surface area contributed by atoms with E-state index in [-0.39, 0.29) is 34.5 Å². The number of aromatic nitrogens is 4. The van der Waals surface area contributed by atoms with Crippen LogP contribution < -0.4 is 20.7 Å². The summed E-state index contributed by atoms with van der Waals surface area (Å²) >= 11 is 6.22. The van der Waals surface area contributed by atoms with Gasteiger partial charge in [0.2, 0.25) is 5.91 Å². The van der Waals surface area contributed by atoms with Gasteiger partial charge in [-0.2, -0.15) is 19.0 Å². The molecule has 1 aromatic carbocycles. The molecule has 3 aromatic rings. The Balaban J connectivity index is 1.56. The third-order valence-corrected chi connectivity index (χ3v) is 6.95. The highest BCUT2D eigenvalue weighted by Gasteiger charge is 2.26. The fourth-order valence-corrected chi connectivity index (χ4v) is 4.92. The van der Waals surface area contributed by atoms with Crippen molar-refractivity contribution in [3.05, 3.63) is 41.2 Å². The first-order valence-electron chi connectivity index (χ1n) is 13.1. The van der Waals surface area contributed by atoms with Gasteiger partial charge in [-0.05, 0) is 50.9 Å². The second kappa shape index (κ2) is 13.6. The van der Waals surface area contributed by atoms with E-state index in [1.54, 1.807) is 17.9 Å². The van der Waals surface area contributed by atoms with E-state index in [9.17, 15) is 18.4 Å². The van der Waals surface area contributed by atoms with Crippen molar-refractivity contribution in [2.24, 2.45) is 0 Å². The summed E-state index contributed by atoms with van der Waals surface area (Å²) in [5.74, 6) is -0.0829. The van der Waals surface area contributed by atoms with E-state index in [0.717, 1.165) is 38.9 Å². The lowest BCUT2D eigenvalue weighted by Gasteiger charge is -2.32. The molecule has 11 nitrogen and oxygen atoms in total. The number of halogens is 3. The van der Waals surface area contributed by atoms with Crippen molar-refractivity contribution in [2.45, 2.75) is 45.3 Å². The Labute approximate surface area is 235 Å². The minimum absolute atomic E-state index is 0.0180. The molecule has 2 aromatic heterocycles. The average molecular weight is 579 g/mol. The van der Waals surface area contributed by atoms with E-state index in [2.05, 4.69) is 31.0 Å². The van der Waals surface area contributed by atoms with Crippen molar-refractivity contribution >= 4 is 34.9 Å². The number of anilines is 2. The molecule has 0 atom stereocenters. The van der Waals surface area contributed by atoms with Crippen molar-refractivity contribution in [3.8, 4) is 17.0 Å². The Morgan fingerprint density at radius 3 is 2.75 bits per heavy atom. The molecular formula is C26H33ClF2N8O3. The lowest BCUT2D eigenvalue weighted by atomic mass is 10.0. The summed E-state index contributed by atoms with van der Waals surface area (Å²) in [6.07, 6.45) is 5.94. The van der Waals surface area contributed by atoms with Crippen molar-refractivity contribution in [1.82, 2.24) is 30.2 Å². The smallest absolute Gasteiger partial charge is 0.387 e. The number of ether oxygens (including phenoxy) is 1.